The molecule has 0 amide bonds. The molecule has 166 valence electrons. The van der Waals surface area contributed by atoms with Crippen LogP contribution in [0.15, 0.2) is 78.9 Å². The van der Waals surface area contributed by atoms with Crippen molar-refractivity contribution in [2.45, 2.75) is 47.7 Å². The van der Waals surface area contributed by atoms with Crippen molar-refractivity contribution in [3.05, 3.63) is 107 Å². The molecule has 0 nitrogen and oxygen atoms in total. The van der Waals surface area contributed by atoms with Gasteiger partial charge in [0.25, 0.3) is 0 Å². The van der Waals surface area contributed by atoms with Crippen LogP contribution < -0.4 is 0 Å². The van der Waals surface area contributed by atoms with E-state index in [0.29, 0.717) is 0 Å². The molecular formula is C31H34SiZr. The van der Waals surface area contributed by atoms with E-state index in [4.69, 9.17) is 0 Å². The number of hydrogen-bond donors (Lipinski definition) is 0. The van der Waals surface area contributed by atoms with E-state index in [1.165, 1.54) is 60.5 Å². The second-order valence-electron chi connectivity index (χ2n) is 9.11. The third-order valence-electron chi connectivity index (χ3n) is 6.21. The third-order valence-corrected chi connectivity index (χ3v) is 6.21. The Hall–Kier alpha value is -2.02. The van der Waals surface area contributed by atoms with Crippen LogP contribution in [-0.4, -0.2) is 5.43 Å². The smallest absolute Gasteiger partial charge is 0.0184 e. The number of hydrogen-bond acceptors (Lipinski definition) is 0. The summed E-state index contributed by atoms with van der Waals surface area (Å²) >= 11 is 1.74. The summed E-state index contributed by atoms with van der Waals surface area (Å²) in [5, 5.41) is 5.27. The minimum atomic E-state index is 0.210. The Labute approximate surface area is 214 Å². The van der Waals surface area contributed by atoms with E-state index >= 15 is 0 Å². The van der Waals surface area contributed by atoms with Crippen LogP contribution >= 0.6 is 0 Å². The Morgan fingerprint density at radius 3 is 1.76 bits per heavy atom. The van der Waals surface area contributed by atoms with E-state index in [-0.39, 0.29) is 5.43 Å². The molecule has 5 rings (SSSR count). The van der Waals surface area contributed by atoms with Gasteiger partial charge in [0.15, 0.2) is 0 Å². The van der Waals surface area contributed by atoms with E-state index in [9.17, 15) is 0 Å². The zero-order valence-corrected chi connectivity index (χ0v) is 24.5. The number of fused-ring (bicyclic) bond motifs is 2. The second kappa shape index (κ2) is 11.4. The molecule has 0 bridgehead atoms. The Morgan fingerprint density at radius 2 is 1.18 bits per heavy atom. The average Bonchev–Trinajstić information content (AvgIpc) is 3.23. The molecule has 0 N–H and O–H groups in total. The van der Waals surface area contributed by atoms with Crippen LogP contribution in [-0.2, 0) is 23.3 Å². The molecule has 0 aromatic heterocycles. The molecule has 0 unspecified atom stereocenters. The SMILES string of the molecule is C[Si](C)=[Zr+2].Cc1[cH-]c(C)c(C)c1C.Cc1[cH-]c2ccccc2c1-c1ccc2ccccc2c1. The van der Waals surface area contributed by atoms with Crippen molar-refractivity contribution >= 4 is 27.0 Å². The maximum absolute atomic E-state index is 2.31. The molecule has 0 saturated carbocycles. The van der Waals surface area contributed by atoms with Gasteiger partial charge in [0.1, 0.15) is 0 Å². The summed E-state index contributed by atoms with van der Waals surface area (Å²) in [7, 11) is 0. The maximum Gasteiger partial charge on any atom is -0.0184 e. The first-order valence-electron chi connectivity index (χ1n) is 11.5. The molecule has 0 radical (unpaired) electrons. The van der Waals surface area contributed by atoms with Crippen LogP contribution in [0.1, 0.15) is 27.8 Å². The van der Waals surface area contributed by atoms with Crippen molar-refractivity contribution in [1.29, 1.82) is 0 Å². The van der Waals surface area contributed by atoms with Crippen LogP contribution in [0.4, 0.5) is 0 Å². The van der Waals surface area contributed by atoms with E-state index in [1.54, 1.807) is 23.3 Å². The summed E-state index contributed by atoms with van der Waals surface area (Å²) in [6.45, 7) is 15.5. The van der Waals surface area contributed by atoms with Crippen molar-refractivity contribution in [2.24, 2.45) is 0 Å². The molecule has 5 aromatic carbocycles. The van der Waals surface area contributed by atoms with E-state index < -0.39 is 0 Å². The molecule has 0 heterocycles. The molecule has 0 atom stereocenters. The van der Waals surface area contributed by atoms with Gasteiger partial charge in [0.2, 0.25) is 0 Å². The molecule has 33 heavy (non-hydrogen) atoms. The molecule has 0 aliphatic rings. The largest absolute Gasteiger partial charge is 0.196 e. The molecule has 5 aromatic rings. The minimum Gasteiger partial charge on any atom is -0.196 e. The molecule has 0 aliphatic carbocycles. The predicted octanol–water partition coefficient (Wildman–Crippen LogP) is 9.11. The fourth-order valence-electron chi connectivity index (χ4n) is 4.23. The van der Waals surface area contributed by atoms with E-state index in [1.807, 2.05) is 0 Å². The Kier molecular flexibility index (Phi) is 8.85. The molecule has 0 aliphatic heterocycles. The summed E-state index contributed by atoms with van der Waals surface area (Å²) in [6.07, 6.45) is 0. The average molecular weight is 526 g/mol. The van der Waals surface area contributed by atoms with Crippen LogP contribution in [0.5, 0.6) is 0 Å². The minimum absolute atomic E-state index is 0.210. The van der Waals surface area contributed by atoms with Gasteiger partial charge in [-0.15, -0.1) is 46.2 Å². The van der Waals surface area contributed by atoms with Gasteiger partial charge in [0.05, 0.1) is 0 Å². The Balaban J connectivity index is 0.000000197. The quantitative estimate of drug-likeness (QED) is 0.151. The Bertz CT molecular complexity index is 1370. The summed E-state index contributed by atoms with van der Waals surface area (Å²) in [6, 6.07) is 28.4. The summed E-state index contributed by atoms with van der Waals surface area (Å²) in [5.41, 5.74) is 9.98. The number of rotatable bonds is 1. The summed E-state index contributed by atoms with van der Waals surface area (Å²) < 4.78 is 0. The van der Waals surface area contributed by atoms with Gasteiger partial charge in [-0.3, -0.25) is 0 Å². The number of benzene rings is 3. The summed E-state index contributed by atoms with van der Waals surface area (Å²) in [5.74, 6) is 0. The first kappa shape index (κ1) is 25.6. The standard InChI is InChI=1S/C20H15.C9H13.C2H6Si.Zr/c1-14-12-17-8-4-5-9-19(17)20(14)18-11-10-15-6-2-3-7-16(15)13-18;1-6-5-7(2)9(4)8(6)3;1-3-2;/h2-13H,1H3;5H,1-4H3;1-2H3;/q2*-1;;+2. The van der Waals surface area contributed by atoms with E-state index in [0.717, 1.165) is 0 Å². The molecule has 0 saturated heterocycles. The van der Waals surface area contributed by atoms with Gasteiger partial charge < -0.3 is 0 Å². The van der Waals surface area contributed by atoms with Gasteiger partial charge in [0, 0.05) is 0 Å². The zero-order valence-electron chi connectivity index (χ0n) is 21.0. The monoisotopic (exact) mass is 524 g/mol. The fourth-order valence-corrected chi connectivity index (χ4v) is 4.23. The molecule has 0 fully saturated rings. The van der Waals surface area contributed by atoms with Crippen LogP contribution in [0.3, 0.4) is 0 Å². The van der Waals surface area contributed by atoms with Crippen molar-refractivity contribution in [3.63, 3.8) is 0 Å². The number of aryl methyl sites for hydroxylation is 3. The predicted molar refractivity (Wildman–Crippen MR) is 146 cm³/mol. The van der Waals surface area contributed by atoms with Crippen molar-refractivity contribution in [3.8, 4) is 11.1 Å². The van der Waals surface area contributed by atoms with Gasteiger partial charge in [-0.1, -0.05) is 88.7 Å². The van der Waals surface area contributed by atoms with Crippen LogP contribution in [0.2, 0.25) is 13.1 Å². The van der Waals surface area contributed by atoms with Crippen molar-refractivity contribution in [2.75, 3.05) is 0 Å². The first-order valence-corrected chi connectivity index (χ1v) is 17.7. The van der Waals surface area contributed by atoms with Crippen molar-refractivity contribution < 1.29 is 23.3 Å². The van der Waals surface area contributed by atoms with Crippen LogP contribution in [0, 0.1) is 34.6 Å². The van der Waals surface area contributed by atoms with Crippen LogP contribution in [0.25, 0.3) is 32.7 Å². The van der Waals surface area contributed by atoms with Gasteiger partial charge in [-0.2, -0.15) is 28.3 Å². The van der Waals surface area contributed by atoms with Gasteiger partial charge in [-0.05, 0) is 10.8 Å². The maximum atomic E-state index is 2.31. The second-order valence-corrected chi connectivity index (χ2v) is 18.5. The fraction of sp³-hybridized carbons (Fsp3) is 0.226. The van der Waals surface area contributed by atoms with E-state index in [2.05, 4.69) is 127 Å². The summed E-state index contributed by atoms with van der Waals surface area (Å²) in [4.78, 5) is 0. The van der Waals surface area contributed by atoms with Gasteiger partial charge in [-0.25, -0.2) is 0 Å². The first-order chi connectivity index (χ1) is 15.7. The topological polar surface area (TPSA) is 0 Å². The van der Waals surface area contributed by atoms with Crippen molar-refractivity contribution in [1.82, 2.24) is 0 Å². The molecule has 0 spiro atoms. The zero-order chi connectivity index (χ0) is 24.1. The van der Waals surface area contributed by atoms with Gasteiger partial charge >= 0.3 is 41.9 Å². The normalized spacial score (nSPS) is 10.5. The third kappa shape index (κ3) is 6.31. The molecular weight excluding hydrogens is 492 g/mol. The Morgan fingerprint density at radius 1 is 0.636 bits per heavy atom. The molecule has 2 heteroatoms.